The summed E-state index contributed by atoms with van der Waals surface area (Å²) in [6, 6.07) is 9.41. The summed E-state index contributed by atoms with van der Waals surface area (Å²) in [5.74, 6) is 7.46. The molecule has 0 radical (unpaired) electrons. The van der Waals surface area contributed by atoms with Crippen LogP contribution in [0.5, 0.6) is 0 Å². The topological polar surface area (TPSA) is 38.0 Å². The van der Waals surface area contributed by atoms with E-state index in [2.05, 4.69) is 29.7 Å². The second kappa shape index (κ2) is 5.41. The van der Waals surface area contributed by atoms with Gasteiger partial charge in [-0.25, -0.2) is 0 Å². The normalized spacial score (nSPS) is 25.3. The van der Waals surface area contributed by atoms with Crippen LogP contribution in [-0.4, -0.2) is 6.04 Å². The fraction of sp³-hybridized carbons (Fsp3) is 0.625. The Morgan fingerprint density at radius 3 is 2.61 bits per heavy atom. The van der Waals surface area contributed by atoms with Crippen LogP contribution in [0, 0.1) is 11.8 Å². The van der Waals surface area contributed by atoms with E-state index in [-0.39, 0.29) is 0 Å². The zero-order valence-corrected chi connectivity index (χ0v) is 11.1. The number of hydrogen-bond acceptors (Lipinski definition) is 2. The van der Waals surface area contributed by atoms with Crippen LogP contribution in [0.4, 0.5) is 0 Å². The highest BCUT2D eigenvalue weighted by atomic mass is 15.2. The quantitative estimate of drug-likeness (QED) is 0.631. The van der Waals surface area contributed by atoms with E-state index in [1.807, 2.05) is 0 Å². The number of aryl methyl sites for hydroxylation is 1. The highest BCUT2D eigenvalue weighted by Gasteiger charge is 2.29. The standard InChI is InChI=1S/C16H24N2/c17-18-16(10-12-4-3-5-12)15-9-8-13-6-1-2-7-14(13)11-15/h1-2,6-7,12,15-16,18H,3-5,8-11,17H2. The summed E-state index contributed by atoms with van der Waals surface area (Å²) in [6.07, 6.45) is 9.27. The maximum atomic E-state index is 5.80. The molecular weight excluding hydrogens is 220 g/mol. The molecule has 1 saturated carbocycles. The molecule has 0 saturated heterocycles. The van der Waals surface area contributed by atoms with Gasteiger partial charge in [0, 0.05) is 6.04 Å². The summed E-state index contributed by atoms with van der Waals surface area (Å²) >= 11 is 0. The molecule has 98 valence electrons. The van der Waals surface area contributed by atoms with E-state index in [0.717, 1.165) is 11.8 Å². The van der Waals surface area contributed by atoms with E-state index in [1.165, 1.54) is 44.9 Å². The average molecular weight is 244 g/mol. The molecule has 0 spiro atoms. The van der Waals surface area contributed by atoms with Crippen molar-refractivity contribution in [3.8, 4) is 0 Å². The Morgan fingerprint density at radius 2 is 1.94 bits per heavy atom. The smallest absolute Gasteiger partial charge is 0.0244 e. The minimum Gasteiger partial charge on any atom is -0.271 e. The first-order chi connectivity index (χ1) is 8.86. The van der Waals surface area contributed by atoms with Gasteiger partial charge < -0.3 is 0 Å². The van der Waals surface area contributed by atoms with Gasteiger partial charge in [0.1, 0.15) is 0 Å². The van der Waals surface area contributed by atoms with Crippen LogP contribution in [-0.2, 0) is 12.8 Å². The van der Waals surface area contributed by atoms with Crippen LogP contribution in [0.25, 0.3) is 0 Å². The number of fused-ring (bicyclic) bond motifs is 1. The van der Waals surface area contributed by atoms with E-state index in [9.17, 15) is 0 Å². The zero-order chi connectivity index (χ0) is 12.4. The maximum Gasteiger partial charge on any atom is 0.0244 e. The van der Waals surface area contributed by atoms with Gasteiger partial charge >= 0.3 is 0 Å². The molecule has 0 amide bonds. The van der Waals surface area contributed by atoms with Crippen molar-refractivity contribution < 1.29 is 0 Å². The van der Waals surface area contributed by atoms with Gasteiger partial charge in [0.2, 0.25) is 0 Å². The maximum absolute atomic E-state index is 5.80. The predicted octanol–water partition coefficient (Wildman–Crippen LogP) is 2.81. The molecule has 2 aliphatic rings. The van der Waals surface area contributed by atoms with E-state index in [0.29, 0.717) is 6.04 Å². The lowest BCUT2D eigenvalue weighted by Gasteiger charge is -2.36. The van der Waals surface area contributed by atoms with Crippen LogP contribution in [0.3, 0.4) is 0 Å². The largest absolute Gasteiger partial charge is 0.271 e. The Morgan fingerprint density at radius 1 is 1.17 bits per heavy atom. The van der Waals surface area contributed by atoms with Gasteiger partial charge in [-0.15, -0.1) is 0 Å². The van der Waals surface area contributed by atoms with E-state index >= 15 is 0 Å². The van der Waals surface area contributed by atoms with Crippen molar-refractivity contribution in [2.45, 2.75) is 51.0 Å². The van der Waals surface area contributed by atoms with Gasteiger partial charge in [-0.2, -0.15) is 0 Å². The predicted molar refractivity (Wildman–Crippen MR) is 75.0 cm³/mol. The monoisotopic (exact) mass is 244 g/mol. The molecule has 3 N–H and O–H groups in total. The lowest BCUT2D eigenvalue weighted by atomic mass is 9.74. The van der Waals surface area contributed by atoms with Gasteiger partial charge in [-0.05, 0) is 48.6 Å². The summed E-state index contributed by atoms with van der Waals surface area (Å²) in [4.78, 5) is 0. The van der Waals surface area contributed by atoms with Gasteiger partial charge in [0.15, 0.2) is 0 Å². The first-order valence-corrected chi connectivity index (χ1v) is 7.39. The van der Waals surface area contributed by atoms with E-state index in [1.54, 1.807) is 11.1 Å². The molecule has 2 nitrogen and oxygen atoms in total. The van der Waals surface area contributed by atoms with Gasteiger partial charge in [0.05, 0.1) is 0 Å². The second-order valence-electron chi connectivity index (χ2n) is 6.08. The van der Waals surface area contributed by atoms with Crippen molar-refractivity contribution >= 4 is 0 Å². The SMILES string of the molecule is NNC(CC1CCC1)C1CCc2ccccc2C1. The highest BCUT2D eigenvalue weighted by Crippen LogP contribution is 2.35. The van der Waals surface area contributed by atoms with Crippen molar-refractivity contribution in [3.63, 3.8) is 0 Å². The third-order valence-electron chi connectivity index (χ3n) is 4.98. The summed E-state index contributed by atoms with van der Waals surface area (Å²) in [5.41, 5.74) is 6.20. The Labute approximate surface area is 110 Å². The number of hydrazine groups is 1. The average Bonchev–Trinajstić information content (AvgIpc) is 2.37. The summed E-state index contributed by atoms with van der Waals surface area (Å²) in [5, 5.41) is 0. The molecule has 2 unspecified atom stereocenters. The number of hydrogen-bond donors (Lipinski definition) is 2. The molecule has 3 rings (SSSR count). The summed E-state index contributed by atoms with van der Waals surface area (Å²) in [7, 11) is 0. The number of nitrogens with two attached hydrogens (primary N) is 1. The molecule has 0 bridgehead atoms. The third-order valence-corrected chi connectivity index (χ3v) is 4.98. The van der Waals surface area contributed by atoms with Crippen molar-refractivity contribution in [2.24, 2.45) is 17.7 Å². The van der Waals surface area contributed by atoms with Crippen molar-refractivity contribution in [1.29, 1.82) is 0 Å². The molecule has 18 heavy (non-hydrogen) atoms. The van der Waals surface area contributed by atoms with Crippen LogP contribution in [0.15, 0.2) is 24.3 Å². The minimum absolute atomic E-state index is 0.517. The molecule has 0 aromatic heterocycles. The molecule has 2 aliphatic carbocycles. The Bertz CT molecular complexity index is 398. The Hall–Kier alpha value is -0.860. The fourth-order valence-corrected chi connectivity index (χ4v) is 3.55. The third kappa shape index (κ3) is 2.45. The van der Waals surface area contributed by atoms with Crippen molar-refractivity contribution in [2.75, 3.05) is 0 Å². The molecule has 0 aliphatic heterocycles. The van der Waals surface area contributed by atoms with Gasteiger partial charge in [0.25, 0.3) is 0 Å². The van der Waals surface area contributed by atoms with E-state index < -0.39 is 0 Å². The number of nitrogens with one attached hydrogen (secondary N) is 1. The zero-order valence-electron chi connectivity index (χ0n) is 11.1. The fourth-order valence-electron chi connectivity index (χ4n) is 3.55. The first-order valence-electron chi connectivity index (χ1n) is 7.39. The second-order valence-corrected chi connectivity index (χ2v) is 6.08. The highest BCUT2D eigenvalue weighted by molar-refractivity contribution is 5.30. The van der Waals surface area contributed by atoms with Gasteiger partial charge in [-0.1, -0.05) is 43.5 Å². The molecule has 0 heterocycles. The van der Waals surface area contributed by atoms with E-state index in [4.69, 9.17) is 5.84 Å². The van der Waals surface area contributed by atoms with Crippen LogP contribution in [0.2, 0.25) is 0 Å². The summed E-state index contributed by atoms with van der Waals surface area (Å²) in [6.45, 7) is 0. The first kappa shape index (κ1) is 12.2. The molecular formula is C16H24N2. The molecule has 1 aromatic carbocycles. The Balaban J connectivity index is 1.65. The lowest BCUT2D eigenvalue weighted by molar-refractivity contribution is 0.212. The number of benzene rings is 1. The van der Waals surface area contributed by atoms with Crippen LogP contribution >= 0.6 is 0 Å². The van der Waals surface area contributed by atoms with Crippen molar-refractivity contribution in [1.82, 2.24) is 5.43 Å². The van der Waals surface area contributed by atoms with Gasteiger partial charge in [-0.3, -0.25) is 11.3 Å². The van der Waals surface area contributed by atoms with Crippen LogP contribution in [0.1, 0.15) is 43.2 Å². The molecule has 2 atom stereocenters. The Kier molecular flexibility index (Phi) is 3.67. The van der Waals surface area contributed by atoms with Crippen LogP contribution < -0.4 is 11.3 Å². The lowest BCUT2D eigenvalue weighted by Crippen LogP contribution is -2.44. The molecule has 2 heteroatoms. The molecule has 1 aromatic rings. The van der Waals surface area contributed by atoms with Crippen molar-refractivity contribution in [3.05, 3.63) is 35.4 Å². The minimum atomic E-state index is 0.517. The summed E-state index contributed by atoms with van der Waals surface area (Å²) < 4.78 is 0. The molecule has 1 fully saturated rings. The number of rotatable bonds is 4.